The van der Waals surface area contributed by atoms with Gasteiger partial charge in [0, 0.05) is 35.1 Å². The van der Waals surface area contributed by atoms with E-state index in [-0.39, 0.29) is 11.7 Å². The van der Waals surface area contributed by atoms with Crippen LogP contribution in [0.25, 0.3) is 23.1 Å². The van der Waals surface area contributed by atoms with Gasteiger partial charge in [-0.3, -0.25) is 4.79 Å². The lowest BCUT2D eigenvalue weighted by Gasteiger charge is -2.10. The molecule has 1 aromatic heterocycles. The van der Waals surface area contributed by atoms with Gasteiger partial charge in [0.15, 0.2) is 5.78 Å². The molecule has 0 amide bonds. The number of hydrogen-bond acceptors (Lipinski definition) is 1. The monoisotopic (exact) mass is 344 g/mol. The zero-order valence-corrected chi connectivity index (χ0v) is 15.8. The van der Waals surface area contributed by atoms with Crippen molar-refractivity contribution in [1.82, 2.24) is 0 Å². The summed E-state index contributed by atoms with van der Waals surface area (Å²) >= 11 is 0. The Morgan fingerprint density at radius 2 is 1.62 bits per heavy atom. The Morgan fingerprint density at radius 1 is 0.923 bits per heavy atom. The maximum absolute atomic E-state index is 12.4. The number of pyridine rings is 1. The molecule has 0 radical (unpaired) electrons. The molecule has 2 aromatic carbocycles. The van der Waals surface area contributed by atoms with Crippen LogP contribution in [-0.2, 0) is 7.05 Å². The molecule has 2 nitrogen and oxygen atoms in total. The third-order valence-corrected chi connectivity index (χ3v) is 5.12. The summed E-state index contributed by atoms with van der Waals surface area (Å²) in [7, 11) is 2.08. The summed E-state index contributed by atoms with van der Waals surface area (Å²) in [6, 6.07) is 20.6. The van der Waals surface area contributed by atoms with Gasteiger partial charge in [-0.2, -0.15) is 4.57 Å². The number of hydrogen-bond donors (Lipinski definition) is 0. The zero-order chi connectivity index (χ0) is 18.5. The summed E-state index contributed by atoms with van der Waals surface area (Å²) in [5.74, 6) is 0.388. The second kappa shape index (κ2) is 8.09. The van der Waals surface area contributed by atoms with Crippen molar-refractivity contribution in [1.29, 1.82) is 0 Å². The lowest BCUT2D eigenvalue weighted by Crippen LogP contribution is -2.32. The fourth-order valence-corrected chi connectivity index (χ4v) is 3.36. The molecule has 2 heteroatoms. The second-order valence-electron chi connectivity index (χ2n) is 6.71. The lowest BCUT2D eigenvalue weighted by atomic mass is 9.92. The van der Waals surface area contributed by atoms with Crippen LogP contribution in [-0.4, -0.2) is 5.78 Å². The van der Waals surface area contributed by atoms with E-state index in [1.54, 1.807) is 0 Å². The Morgan fingerprint density at radius 3 is 2.31 bits per heavy atom. The highest BCUT2D eigenvalue weighted by Gasteiger charge is 2.15. The van der Waals surface area contributed by atoms with Crippen molar-refractivity contribution in [3.05, 3.63) is 77.5 Å². The van der Waals surface area contributed by atoms with Gasteiger partial charge in [-0.05, 0) is 36.6 Å². The maximum Gasteiger partial charge on any atom is 0.212 e. The number of aryl methyl sites for hydroxylation is 1. The highest BCUT2D eigenvalue weighted by molar-refractivity contribution is 5.98. The Kier molecular flexibility index (Phi) is 5.62. The largest absolute Gasteiger partial charge is 0.294 e. The van der Waals surface area contributed by atoms with Gasteiger partial charge in [-0.1, -0.05) is 50.2 Å². The van der Waals surface area contributed by atoms with Crippen LogP contribution in [0.4, 0.5) is 0 Å². The molecular weight excluding hydrogens is 318 g/mol. The fourth-order valence-electron chi connectivity index (χ4n) is 3.36. The van der Waals surface area contributed by atoms with Gasteiger partial charge < -0.3 is 0 Å². The first kappa shape index (κ1) is 18.1. The van der Waals surface area contributed by atoms with Crippen molar-refractivity contribution in [3.8, 4) is 0 Å². The Bertz CT molecular complexity index is 934. The SMILES string of the molecule is CCC(CC)C(=O)c1ccc(C=Cc2ccc3ccccc3[n+]2C)cc1. The van der Waals surface area contributed by atoms with Crippen molar-refractivity contribution >= 4 is 28.8 Å². The number of fused-ring (bicyclic) bond motifs is 1. The molecule has 3 aromatic rings. The van der Waals surface area contributed by atoms with E-state index in [0.29, 0.717) is 0 Å². The smallest absolute Gasteiger partial charge is 0.212 e. The quantitative estimate of drug-likeness (QED) is 0.430. The summed E-state index contributed by atoms with van der Waals surface area (Å²) in [5.41, 5.74) is 4.26. The average molecular weight is 344 g/mol. The fraction of sp³-hybridized carbons (Fsp3) is 0.250. The Balaban J connectivity index is 1.81. The molecule has 1 heterocycles. The summed E-state index contributed by atoms with van der Waals surface area (Å²) in [4.78, 5) is 12.4. The number of carbonyl (C=O) groups excluding carboxylic acids is 1. The van der Waals surface area contributed by atoms with Crippen LogP contribution in [0.3, 0.4) is 0 Å². The van der Waals surface area contributed by atoms with Gasteiger partial charge in [-0.15, -0.1) is 0 Å². The van der Waals surface area contributed by atoms with E-state index in [2.05, 4.69) is 74.0 Å². The third kappa shape index (κ3) is 3.75. The minimum absolute atomic E-state index is 0.132. The van der Waals surface area contributed by atoms with E-state index < -0.39 is 0 Å². The number of benzene rings is 2. The van der Waals surface area contributed by atoms with Crippen LogP contribution in [0, 0.1) is 5.92 Å². The molecule has 0 bridgehead atoms. The maximum atomic E-state index is 12.4. The first-order valence-corrected chi connectivity index (χ1v) is 9.34. The summed E-state index contributed by atoms with van der Waals surface area (Å²) < 4.78 is 2.19. The molecule has 0 saturated carbocycles. The number of aromatic nitrogens is 1. The topological polar surface area (TPSA) is 20.9 Å². The van der Waals surface area contributed by atoms with Crippen molar-refractivity contribution in [2.45, 2.75) is 26.7 Å². The average Bonchev–Trinajstić information content (AvgIpc) is 2.69. The number of Topliss-reactive ketones (excluding diaryl/α,β-unsaturated/α-hetero) is 1. The molecule has 0 unspecified atom stereocenters. The molecular formula is C24H26NO+. The van der Waals surface area contributed by atoms with Crippen LogP contribution in [0.2, 0.25) is 0 Å². The molecule has 0 saturated heterocycles. The van der Waals surface area contributed by atoms with Crippen molar-refractivity contribution in [2.24, 2.45) is 13.0 Å². The van der Waals surface area contributed by atoms with Gasteiger partial charge in [0.25, 0.3) is 0 Å². The first-order chi connectivity index (χ1) is 12.6. The number of ketones is 1. The van der Waals surface area contributed by atoms with Gasteiger partial charge in [0.1, 0.15) is 7.05 Å². The molecule has 0 N–H and O–H groups in total. The molecule has 0 aliphatic carbocycles. The van der Waals surface area contributed by atoms with Crippen molar-refractivity contribution in [3.63, 3.8) is 0 Å². The zero-order valence-electron chi connectivity index (χ0n) is 15.8. The lowest BCUT2D eigenvalue weighted by molar-refractivity contribution is -0.646. The number of nitrogens with zero attached hydrogens (tertiary/aromatic N) is 1. The van der Waals surface area contributed by atoms with Crippen LogP contribution in [0.5, 0.6) is 0 Å². The van der Waals surface area contributed by atoms with Crippen LogP contribution in [0.15, 0.2) is 60.7 Å². The third-order valence-electron chi connectivity index (χ3n) is 5.12. The van der Waals surface area contributed by atoms with E-state index in [1.165, 1.54) is 10.9 Å². The number of carbonyl (C=O) groups is 1. The predicted octanol–water partition coefficient (Wildman–Crippen LogP) is 5.45. The van der Waals surface area contributed by atoms with E-state index >= 15 is 0 Å². The Labute approximate surface area is 155 Å². The normalized spacial score (nSPS) is 11.5. The van der Waals surface area contributed by atoms with E-state index in [1.807, 2.05) is 24.3 Å². The minimum atomic E-state index is 0.132. The second-order valence-corrected chi connectivity index (χ2v) is 6.71. The van der Waals surface area contributed by atoms with E-state index in [0.717, 1.165) is 29.7 Å². The molecule has 0 aliphatic heterocycles. The standard InChI is InChI=1S/C24H26NO/c1-4-19(5-2)24(26)21-13-10-18(11-14-21)12-16-22-17-15-20-8-6-7-9-23(20)25(22)3/h6-17,19H,4-5H2,1-3H3/q+1. The number of rotatable bonds is 6. The van der Waals surface area contributed by atoms with Gasteiger partial charge >= 0.3 is 0 Å². The van der Waals surface area contributed by atoms with E-state index in [9.17, 15) is 4.79 Å². The Hall–Kier alpha value is -2.74. The minimum Gasteiger partial charge on any atom is -0.294 e. The molecule has 26 heavy (non-hydrogen) atoms. The van der Waals surface area contributed by atoms with Gasteiger partial charge in [-0.25, -0.2) is 0 Å². The molecule has 0 aliphatic rings. The molecule has 0 spiro atoms. The molecule has 0 fully saturated rings. The molecule has 0 atom stereocenters. The highest BCUT2D eigenvalue weighted by atomic mass is 16.1. The summed E-state index contributed by atoms with van der Waals surface area (Å²) in [6.45, 7) is 4.15. The number of para-hydroxylation sites is 1. The molecule has 132 valence electrons. The predicted molar refractivity (Wildman–Crippen MR) is 109 cm³/mol. The molecule has 3 rings (SSSR count). The summed E-state index contributed by atoms with van der Waals surface area (Å²) in [5, 5.41) is 1.23. The summed E-state index contributed by atoms with van der Waals surface area (Å²) in [6.07, 6.45) is 6.00. The van der Waals surface area contributed by atoms with Crippen molar-refractivity contribution < 1.29 is 9.36 Å². The van der Waals surface area contributed by atoms with Crippen molar-refractivity contribution in [2.75, 3.05) is 0 Å². The van der Waals surface area contributed by atoms with Gasteiger partial charge in [0.2, 0.25) is 11.2 Å². The van der Waals surface area contributed by atoms with Crippen LogP contribution >= 0.6 is 0 Å². The van der Waals surface area contributed by atoms with E-state index in [4.69, 9.17) is 0 Å². The van der Waals surface area contributed by atoms with Crippen LogP contribution < -0.4 is 4.57 Å². The van der Waals surface area contributed by atoms with Crippen LogP contribution in [0.1, 0.15) is 48.3 Å². The van der Waals surface area contributed by atoms with Gasteiger partial charge in [0.05, 0.1) is 0 Å². The highest BCUT2D eigenvalue weighted by Crippen LogP contribution is 2.17. The first-order valence-electron chi connectivity index (χ1n) is 9.34.